The maximum atomic E-state index is 12.1. The van der Waals surface area contributed by atoms with Gasteiger partial charge in [-0.25, -0.2) is 0 Å². The van der Waals surface area contributed by atoms with Gasteiger partial charge < -0.3 is 10.6 Å². The zero-order chi connectivity index (χ0) is 13.9. The van der Waals surface area contributed by atoms with E-state index in [-0.39, 0.29) is 11.9 Å². The average molecular weight is 293 g/mol. The lowest BCUT2D eigenvalue weighted by Gasteiger charge is -2.15. The first-order valence-corrected chi connectivity index (χ1v) is 7.88. The van der Waals surface area contributed by atoms with Gasteiger partial charge in [-0.2, -0.15) is 0 Å². The van der Waals surface area contributed by atoms with Gasteiger partial charge in [0.25, 0.3) is 0 Å². The minimum absolute atomic E-state index is 0.177. The lowest BCUT2D eigenvalue weighted by atomic mass is 10.0. The van der Waals surface area contributed by atoms with Gasteiger partial charge in [0.15, 0.2) is 0 Å². The van der Waals surface area contributed by atoms with E-state index in [1.807, 2.05) is 12.1 Å². The SMILES string of the molecule is O=C(CCC1CCNC1)NC1CCc2cc(Cl)ccc21. The summed E-state index contributed by atoms with van der Waals surface area (Å²) in [6.45, 7) is 2.17. The summed E-state index contributed by atoms with van der Waals surface area (Å²) in [6.07, 6.45) is 4.85. The first-order chi connectivity index (χ1) is 9.72. The fourth-order valence-corrected chi connectivity index (χ4v) is 3.49. The number of benzene rings is 1. The first-order valence-electron chi connectivity index (χ1n) is 7.51. The van der Waals surface area contributed by atoms with E-state index in [0.29, 0.717) is 12.3 Å². The molecule has 108 valence electrons. The van der Waals surface area contributed by atoms with Gasteiger partial charge in [0.05, 0.1) is 6.04 Å². The Bertz CT molecular complexity index is 497. The van der Waals surface area contributed by atoms with Gasteiger partial charge in [-0.3, -0.25) is 4.79 Å². The van der Waals surface area contributed by atoms with Gasteiger partial charge in [-0.05, 0) is 68.0 Å². The average Bonchev–Trinajstić information content (AvgIpc) is 3.06. The van der Waals surface area contributed by atoms with Crippen molar-refractivity contribution in [1.82, 2.24) is 10.6 Å². The Labute approximate surface area is 125 Å². The van der Waals surface area contributed by atoms with Crippen molar-refractivity contribution in [2.45, 2.75) is 38.1 Å². The van der Waals surface area contributed by atoms with Crippen LogP contribution in [0.15, 0.2) is 18.2 Å². The fraction of sp³-hybridized carbons (Fsp3) is 0.562. The molecular formula is C16H21ClN2O. The van der Waals surface area contributed by atoms with E-state index in [0.717, 1.165) is 37.4 Å². The van der Waals surface area contributed by atoms with Crippen molar-refractivity contribution in [2.75, 3.05) is 13.1 Å². The quantitative estimate of drug-likeness (QED) is 0.896. The fourth-order valence-electron chi connectivity index (χ4n) is 3.30. The Balaban J connectivity index is 1.52. The molecule has 2 atom stereocenters. The number of rotatable bonds is 4. The van der Waals surface area contributed by atoms with Crippen molar-refractivity contribution in [1.29, 1.82) is 0 Å². The molecule has 2 unspecified atom stereocenters. The third-order valence-electron chi connectivity index (χ3n) is 4.46. The Hall–Kier alpha value is -1.06. The highest BCUT2D eigenvalue weighted by atomic mass is 35.5. The molecule has 1 heterocycles. The highest BCUT2D eigenvalue weighted by molar-refractivity contribution is 6.30. The highest BCUT2D eigenvalue weighted by Crippen LogP contribution is 2.32. The number of aryl methyl sites for hydroxylation is 1. The molecule has 0 bridgehead atoms. The van der Waals surface area contributed by atoms with Crippen LogP contribution in [-0.2, 0) is 11.2 Å². The summed E-state index contributed by atoms with van der Waals surface area (Å²) >= 11 is 6.01. The zero-order valence-electron chi connectivity index (χ0n) is 11.6. The molecule has 3 rings (SSSR count). The molecular weight excluding hydrogens is 272 g/mol. The molecule has 0 saturated carbocycles. The van der Waals surface area contributed by atoms with Crippen molar-refractivity contribution in [3.63, 3.8) is 0 Å². The maximum Gasteiger partial charge on any atom is 0.220 e. The molecule has 1 aliphatic carbocycles. The van der Waals surface area contributed by atoms with E-state index >= 15 is 0 Å². The van der Waals surface area contributed by atoms with E-state index < -0.39 is 0 Å². The first kappa shape index (κ1) is 13.9. The number of fused-ring (bicyclic) bond motifs is 1. The third kappa shape index (κ3) is 3.15. The predicted molar refractivity (Wildman–Crippen MR) is 80.9 cm³/mol. The summed E-state index contributed by atoms with van der Waals surface area (Å²) in [7, 11) is 0. The molecule has 0 aromatic heterocycles. The van der Waals surface area contributed by atoms with Crippen LogP contribution in [0.4, 0.5) is 0 Å². The van der Waals surface area contributed by atoms with Crippen LogP contribution in [-0.4, -0.2) is 19.0 Å². The molecule has 1 saturated heterocycles. The Morgan fingerprint density at radius 1 is 1.40 bits per heavy atom. The smallest absolute Gasteiger partial charge is 0.220 e. The molecule has 1 fully saturated rings. The molecule has 1 aromatic rings. The largest absolute Gasteiger partial charge is 0.349 e. The van der Waals surface area contributed by atoms with Gasteiger partial charge >= 0.3 is 0 Å². The maximum absolute atomic E-state index is 12.1. The number of hydrogen-bond donors (Lipinski definition) is 2. The van der Waals surface area contributed by atoms with Crippen LogP contribution in [0.25, 0.3) is 0 Å². The van der Waals surface area contributed by atoms with Crippen LogP contribution in [0.5, 0.6) is 0 Å². The molecule has 1 aromatic carbocycles. The van der Waals surface area contributed by atoms with Gasteiger partial charge in [0.1, 0.15) is 0 Å². The normalized spacial score (nSPS) is 24.6. The summed E-state index contributed by atoms with van der Waals surface area (Å²) in [5.74, 6) is 0.861. The second kappa shape index (κ2) is 6.15. The van der Waals surface area contributed by atoms with E-state index in [1.54, 1.807) is 0 Å². The van der Waals surface area contributed by atoms with Crippen LogP contribution < -0.4 is 10.6 Å². The summed E-state index contributed by atoms with van der Waals surface area (Å²) in [4.78, 5) is 12.1. The third-order valence-corrected chi connectivity index (χ3v) is 4.70. The Morgan fingerprint density at radius 2 is 2.30 bits per heavy atom. The monoisotopic (exact) mass is 292 g/mol. The second-order valence-electron chi connectivity index (χ2n) is 5.90. The van der Waals surface area contributed by atoms with Gasteiger partial charge in [-0.15, -0.1) is 0 Å². The van der Waals surface area contributed by atoms with Gasteiger partial charge in [0, 0.05) is 11.4 Å². The van der Waals surface area contributed by atoms with Crippen LogP contribution in [0.1, 0.15) is 42.9 Å². The summed E-state index contributed by atoms with van der Waals surface area (Å²) in [5, 5.41) is 7.30. The molecule has 1 amide bonds. The molecule has 2 aliphatic rings. The molecule has 3 nitrogen and oxygen atoms in total. The summed E-state index contributed by atoms with van der Waals surface area (Å²) in [6, 6.07) is 6.16. The molecule has 2 N–H and O–H groups in total. The van der Waals surface area contributed by atoms with Crippen molar-refractivity contribution < 1.29 is 4.79 Å². The molecule has 0 spiro atoms. The van der Waals surface area contributed by atoms with Gasteiger partial charge in [-0.1, -0.05) is 17.7 Å². The van der Waals surface area contributed by atoms with E-state index in [9.17, 15) is 4.79 Å². The minimum atomic E-state index is 0.177. The van der Waals surface area contributed by atoms with Crippen LogP contribution in [0.3, 0.4) is 0 Å². The lowest BCUT2D eigenvalue weighted by Crippen LogP contribution is -2.27. The molecule has 20 heavy (non-hydrogen) atoms. The topological polar surface area (TPSA) is 41.1 Å². The number of amides is 1. The lowest BCUT2D eigenvalue weighted by molar-refractivity contribution is -0.122. The van der Waals surface area contributed by atoms with Crippen molar-refractivity contribution in [3.05, 3.63) is 34.3 Å². The van der Waals surface area contributed by atoms with Crippen LogP contribution in [0.2, 0.25) is 5.02 Å². The number of nitrogens with one attached hydrogen (secondary N) is 2. The highest BCUT2D eigenvalue weighted by Gasteiger charge is 2.24. The van der Waals surface area contributed by atoms with Crippen LogP contribution in [0, 0.1) is 5.92 Å². The van der Waals surface area contributed by atoms with E-state index in [4.69, 9.17) is 11.6 Å². The Morgan fingerprint density at radius 3 is 3.10 bits per heavy atom. The zero-order valence-corrected chi connectivity index (χ0v) is 12.4. The van der Waals surface area contributed by atoms with Crippen molar-refractivity contribution in [3.8, 4) is 0 Å². The van der Waals surface area contributed by atoms with Crippen molar-refractivity contribution >= 4 is 17.5 Å². The number of carbonyl (C=O) groups excluding carboxylic acids is 1. The molecule has 1 aliphatic heterocycles. The van der Waals surface area contributed by atoms with E-state index in [1.165, 1.54) is 17.5 Å². The Kier molecular flexibility index (Phi) is 4.27. The predicted octanol–water partition coefficient (Wildman–Crippen LogP) is 2.83. The van der Waals surface area contributed by atoms with E-state index in [2.05, 4.69) is 16.7 Å². The standard InChI is InChI=1S/C16H21ClN2O/c17-13-3-4-14-12(9-13)2-5-15(14)19-16(20)6-1-11-7-8-18-10-11/h3-4,9,11,15,18H,1-2,5-8,10H2,(H,19,20). The van der Waals surface area contributed by atoms with Crippen LogP contribution >= 0.6 is 11.6 Å². The van der Waals surface area contributed by atoms with Gasteiger partial charge in [0.2, 0.25) is 5.91 Å². The van der Waals surface area contributed by atoms with Crippen molar-refractivity contribution in [2.24, 2.45) is 5.92 Å². The minimum Gasteiger partial charge on any atom is -0.349 e. The number of carbonyl (C=O) groups is 1. The number of halogens is 1. The summed E-state index contributed by atoms with van der Waals surface area (Å²) < 4.78 is 0. The number of hydrogen-bond acceptors (Lipinski definition) is 2. The molecule has 0 radical (unpaired) electrons. The summed E-state index contributed by atoms with van der Waals surface area (Å²) in [5.41, 5.74) is 2.52. The second-order valence-corrected chi connectivity index (χ2v) is 6.34. The molecule has 4 heteroatoms.